The summed E-state index contributed by atoms with van der Waals surface area (Å²) in [4.78, 5) is 10.5. The zero-order valence-electron chi connectivity index (χ0n) is 28.1. The molecule has 1 unspecified atom stereocenters. The van der Waals surface area contributed by atoms with Gasteiger partial charge >= 0.3 is 0 Å². The summed E-state index contributed by atoms with van der Waals surface area (Å²) in [6.45, 7) is 12.8. The van der Waals surface area contributed by atoms with E-state index in [9.17, 15) is 9.90 Å². The molecule has 1 atom stereocenters. The van der Waals surface area contributed by atoms with Crippen molar-refractivity contribution < 1.29 is 19.0 Å². The van der Waals surface area contributed by atoms with Crippen LogP contribution in [0, 0.1) is 29.5 Å². The topological polar surface area (TPSA) is 46.5 Å². The van der Waals surface area contributed by atoms with Crippen molar-refractivity contribution in [2.45, 2.75) is 124 Å². The third-order valence-electron chi connectivity index (χ3n) is 10.1. The number of benzene rings is 2. The molecule has 2 aliphatic rings. The second-order valence-electron chi connectivity index (χ2n) is 13.8. The Balaban J connectivity index is 0.00000124. The van der Waals surface area contributed by atoms with Gasteiger partial charge in [-0.3, -0.25) is 4.79 Å². The fourth-order valence-electron chi connectivity index (χ4n) is 7.62. The number of carbonyl (C=O) groups excluding carboxylic acids is 1. The lowest BCUT2D eigenvalue weighted by Crippen LogP contribution is -2.27. The summed E-state index contributed by atoms with van der Waals surface area (Å²) in [7, 11) is 0. The smallest absolute Gasteiger partial charge is 0.293 e. The summed E-state index contributed by atoms with van der Waals surface area (Å²) in [5.74, 6) is 2.52. The molecule has 2 aromatic carbocycles. The standard InChI is InChI=1S/C36H51FO3.C4H8/c1-3-5-6-7-29-14-17-33(21-28(29)4-2)34-18-19-35(36(37)22-34)32-15-12-31(13-16-32)30-10-8-26(9-11-30)20-27(23-38)24-40-25-39;1-4(2)3/h14,17-19,21-22,25-27,30-32,38H,3-13,15-16,20,23-24H2,1-2H3;1H2,2-3H3. The molecule has 2 saturated carbocycles. The number of aliphatic hydroxyl groups is 1. The van der Waals surface area contributed by atoms with E-state index < -0.39 is 0 Å². The highest BCUT2D eigenvalue weighted by Crippen LogP contribution is 2.45. The Morgan fingerprint density at radius 3 is 2.11 bits per heavy atom. The predicted octanol–water partition coefficient (Wildman–Crippen LogP) is 10.6. The summed E-state index contributed by atoms with van der Waals surface area (Å²) in [6, 6.07) is 12.7. The second-order valence-corrected chi connectivity index (χ2v) is 13.8. The maximum atomic E-state index is 15.4. The molecule has 0 aliphatic heterocycles. The van der Waals surface area contributed by atoms with Crippen LogP contribution in [-0.2, 0) is 22.4 Å². The average molecular weight is 607 g/mol. The van der Waals surface area contributed by atoms with Gasteiger partial charge in [-0.1, -0.05) is 75.4 Å². The minimum Gasteiger partial charge on any atom is -0.468 e. The van der Waals surface area contributed by atoms with E-state index in [1.807, 2.05) is 13.8 Å². The lowest BCUT2D eigenvalue weighted by molar-refractivity contribution is -0.130. The summed E-state index contributed by atoms with van der Waals surface area (Å²) in [5, 5.41) is 9.59. The number of aryl methyl sites for hydroxylation is 2. The molecule has 0 amide bonds. The summed E-state index contributed by atoms with van der Waals surface area (Å²) < 4.78 is 20.3. The Morgan fingerprint density at radius 1 is 0.932 bits per heavy atom. The number of ether oxygens (including phenoxy) is 1. The van der Waals surface area contributed by atoms with Crippen LogP contribution in [0.3, 0.4) is 0 Å². The van der Waals surface area contributed by atoms with Gasteiger partial charge in [0.25, 0.3) is 6.47 Å². The van der Waals surface area contributed by atoms with Gasteiger partial charge in [-0.2, -0.15) is 0 Å². The van der Waals surface area contributed by atoms with Crippen LogP contribution in [0.15, 0.2) is 48.6 Å². The van der Waals surface area contributed by atoms with E-state index in [2.05, 4.69) is 50.8 Å². The normalized spacial score (nSPS) is 22.4. The Bertz CT molecular complexity index is 1140. The van der Waals surface area contributed by atoms with E-state index in [1.54, 1.807) is 6.07 Å². The van der Waals surface area contributed by atoms with Crippen molar-refractivity contribution in [2.75, 3.05) is 13.2 Å². The molecule has 0 aromatic heterocycles. The highest BCUT2D eigenvalue weighted by Gasteiger charge is 2.32. The van der Waals surface area contributed by atoms with Gasteiger partial charge in [0, 0.05) is 12.5 Å². The van der Waals surface area contributed by atoms with Crippen LogP contribution in [0.5, 0.6) is 0 Å². The van der Waals surface area contributed by atoms with Gasteiger partial charge in [-0.15, -0.1) is 6.58 Å². The lowest BCUT2D eigenvalue weighted by Gasteiger charge is -2.38. The Labute approximate surface area is 267 Å². The number of hydrogen-bond acceptors (Lipinski definition) is 3. The van der Waals surface area contributed by atoms with E-state index in [4.69, 9.17) is 4.74 Å². The molecule has 3 nitrogen and oxygen atoms in total. The summed E-state index contributed by atoms with van der Waals surface area (Å²) in [5.41, 5.74) is 7.03. The van der Waals surface area contributed by atoms with Gasteiger partial charge in [-0.05, 0) is 136 Å². The first kappa shape index (κ1) is 36.0. The highest BCUT2D eigenvalue weighted by molar-refractivity contribution is 5.65. The molecule has 2 fully saturated rings. The van der Waals surface area contributed by atoms with Crippen LogP contribution in [-0.4, -0.2) is 24.8 Å². The highest BCUT2D eigenvalue weighted by atomic mass is 19.1. The van der Waals surface area contributed by atoms with Crippen molar-refractivity contribution in [3.63, 3.8) is 0 Å². The van der Waals surface area contributed by atoms with E-state index >= 15 is 4.39 Å². The zero-order valence-corrected chi connectivity index (χ0v) is 28.1. The molecule has 244 valence electrons. The van der Waals surface area contributed by atoms with Crippen molar-refractivity contribution in [1.82, 2.24) is 0 Å². The Morgan fingerprint density at radius 2 is 1.55 bits per heavy atom. The largest absolute Gasteiger partial charge is 0.468 e. The van der Waals surface area contributed by atoms with Gasteiger partial charge < -0.3 is 9.84 Å². The van der Waals surface area contributed by atoms with Crippen LogP contribution in [0.1, 0.15) is 127 Å². The SMILES string of the molecule is C=C(C)C.CCCCCc1ccc(-c2ccc(C3CCC(C4CCC(CC(CO)COC=O)CC4)CC3)c(F)c2)cc1CC. The average Bonchev–Trinajstić information content (AvgIpc) is 3.03. The maximum absolute atomic E-state index is 15.4. The number of hydrogen-bond donors (Lipinski definition) is 1. The molecule has 1 N–H and O–H groups in total. The van der Waals surface area contributed by atoms with Crippen LogP contribution < -0.4 is 0 Å². The third kappa shape index (κ3) is 11.2. The molecule has 4 rings (SSSR count). The third-order valence-corrected chi connectivity index (χ3v) is 10.1. The lowest BCUT2D eigenvalue weighted by atomic mass is 9.67. The first-order valence-corrected chi connectivity index (χ1v) is 17.5. The fraction of sp³-hybridized carbons (Fsp3) is 0.625. The van der Waals surface area contributed by atoms with Crippen molar-refractivity contribution in [3.05, 3.63) is 71.1 Å². The van der Waals surface area contributed by atoms with Crippen LogP contribution in [0.25, 0.3) is 11.1 Å². The van der Waals surface area contributed by atoms with Crippen molar-refractivity contribution in [1.29, 1.82) is 0 Å². The molecular formula is C40H59FO3. The molecule has 44 heavy (non-hydrogen) atoms. The summed E-state index contributed by atoms with van der Waals surface area (Å²) >= 11 is 0. The van der Waals surface area contributed by atoms with Gasteiger partial charge in [0.05, 0.1) is 6.61 Å². The number of halogens is 1. The van der Waals surface area contributed by atoms with Crippen LogP contribution in [0.2, 0.25) is 0 Å². The molecular weight excluding hydrogens is 547 g/mol. The van der Waals surface area contributed by atoms with Gasteiger partial charge in [-0.25, -0.2) is 4.39 Å². The fourth-order valence-corrected chi connectivity index (χ4v) is 7.62. The molecule has 2 aromatic rings. The molecule has 0 saturated heterocycles. The zero-order chi connectivity index (χ0) is 31.9. The maximum Gasteiger partial charge on any atom is 0.293 e. The van der Waals surface area contributed by atoms with Gasteiger partial charge in [0.15, 0.2) is 0 Å². The van der Waals surface area contributed by atoms with E-state index in [-0.39, 0.29) is 18.3 Å². The van der Waals surface area contributed by atoms with E-state index in [1.165, 1.54) is 74.5 Å². The van der Waals surface area contributed by atoms with Crippen LogP contribution in [0.4, 0.5) is 4.39 Å². The van der Waals surface area contributed by atoms with Crippen molar-refractivity contribution in [3.8, 4) is 11.1 Å². The quantitative estimate of drug-likeness (QED) is 0.132. The molecule has 0 bridgehead atoms. The molecule has 4 heteroatoms. The molecule has 2 aliphatic carbocycles. The number of rotatable bonds is 14. The molecule has 0 spiro atoms. The van der Waals surface area contributed by atoms with Crippen LogP contribution >= 0.6 is 0 Å². The minimum atomic E-state index is -0.0384. The summed E-state index contributed by atoms with van der Waals surface area (Å²) in [6.07, 6.45) is 16.3. The van der Waals surface area contributed by atoms with Gasteiger partial charge in [0.2, 0.25) is 0 Å². The number of carbonyl (C=O) groups is 1. The number of aliphatic hydroxyl groups excluding tert-OH is 1. The van der Waals surface area contributed by atoms with E-state index in [0.717, 1.165) is 60.6 Å². The van der Waals surface area contributed by atoms with Crippen molar-refractivity contribution >= 4 is 6.47 Å². The Kier molecular flexibility index (Phi) is 15.7. The predicted molar refractivity (Wildman–Crippen MR) is 182 cm³/mol. The molecule has 0 radical (unpaired) electrons. The Hall–Kier alpha value is -2.46. The number of allylic oxidation sites excluding steroid dienone is 1. The first-order chi connectivity index (χ1) is 21.3. The van der Waals surface area contributed by atoms with Gasteiger partial charge in [0.1, 0.15) is 5.82 Å². The number of unbranched alkanes of at least 4 members (excludes halogenated alkanes) is 2. The molecule has 0 heterocycles. The first-order valence-electron chi connectivity index (χ1n) is 17.5. The monoisotopic (exact) mass is 606 g/mol. The second kappa shape index (κ2) is 19.1. The van der Waals surface area contributed by atoms with E-state index in [0.29, 0.717) is 24.9 Å². The minimum absolute atomic E-state index is 0.0384. The van der Waals surface area contributed by atoms with Crippen molar-refractivity contribution in [2.24, 2.45) is 23.7 Å².